The van der Waals surface area contributed by atoms with Crippen LogP contribution in [0.5, 0.6) is 11.5 Å². The Hall–Kier alpha value is -1.87. The quantitative estimate of drug-likeness (QED) is 0.800. The molecule has 0 radical (unpaired) electrons. The molecule has 4 heteroatoms. The number of para-hydroxylation sites is 2. The van der Waals surface area contributed by atoms with Crippen LogP contribution in [0.15, 0.2) is 42.5 Å². The minimum Gasteiger partial charge on any atom is -0.496 e. The van der Waals surface area contributed by atoms with Crippen LogP contribution < -0.4 is 14.8 Å². The van der Waals surface area contributed by atoms with Crippen molar-refractivity contribution >= 4 is 17.3 Å². The van der Waals surface area contributed by atoms with E-state index >= 15 is 0 Å². The second-order valence-corrected chi connectivity index (χ2v) is 5.09. The second kappa shape index (κ2) is 7.79. The number of hydrogen-bond acceptors (Lipinski definition) is 3. The molecule has 0 aliphatic carbocycles. The molecule has 0 aliphatic rings. The Kier molecular flexibility index (Phi) is 5.76. The van der Waals surface area contributed by atoms with Crippen molar-refractivity contribution in [2.75, 3.05) is 19.0 Å². The molecule has 0 atom stereocenters. The molecule has 3 nitrogen and oxygen atoms in total. The minimum atomic E-state index is 0.621. The number of anilines is 1. The van der Waals surface area contributed by atoms with Gasteiger partial charge in [0.25, 0.3) is 0 Å². The third-order valence-corrected chi connectivity index (χ3v) is 3.30. The lowest BCUT2D eigenvalue weighted by Gasteiger charge is -2.14. The molecule has 0 heterocycles. The van der Waals surface area contributed by atoms with Crippen LogP contribution in [0.1, 0.15) is 18.9 Å². The van der Waals surface area contributed by atoms with Gasteiger partial charge in [-0.2, -0.15) is 0 Å². The smallest absolute Gasteiger partial charge is 0.142 e. The van der Waals surface area contributed by atoms with Crippen LogP contribution in [0.4, 0.5) is 5.69 Å². The molecule has 0 aliphatic heterocycles. The first-order chi connectivity index (χ1) is 10.2. The molecule has 112 valence electrons. The first-order valence-corrected chi connectivity index (χ1v) is 7.40. The van der Waals surface area contributed by atoms with Gasteiger partial charge in [-0.1, -0.05) is 30.7 Å². The monoisotopic (exact) mass is 305 g/mol. The number of methoxy groups -OCH3 is 1. The third kappa shape index (κ3) is 4.30. The predicted molar refractivity (Wildman–Crippen MR) is 87.6 cm³/mol. The topological polar surface area (TPSA) is 30.5 Å². The van der Waals surface area contributed by atoms with Gasteiger partial charge in [-0.05, 0) is 36.8 Å². The summed E-state index contributed by atoms with van der Waals surface area (Å²) in [5.41, 5.74) is 1.98. The van der Waals surface area contributed by atoms with Crippen LogP contribution in [0.2, 0.25) is 5.02 Å². The predicted octanol–water partition coefficient (Wildman–Crippen LogP) is 4.75. The summed E-state index contributed by atoms with van der Waals surface area (Å²) in [7, 11) is 1.66. The fourth-order valence-corrected chi connectivity index (χ4v) is 2.22. The van der Waals surface area contributed by atoms with Gasteiger partial charge in [0, 0.05) is 17.1 Å². The lowest BCUT2D eigenvalue weighted by molar-refractivity contribution is 0.319. The lowest BCUT2D eigenvalue weighted by atomic mass is 10.2. The van der Waals surface area contributed by atoms with Gasteiger partial charge >= 0.3 is 0 Å². The number of rotatable bonds is 7. The van der Waals surface area contributed by atoms with E-state index in [1.54, 1.807) is 7.11 Å². The molecule has 0 bridgehead atoms. The summed E-state index contributed by atoms with van der Waals surface area (Å²) in [5.74, 6) is 1.68. The lowest BCUT2D eigenvalue weighted by Crippen LogP contribution is -2.04. The Labute approximate surface area is 130 Å². The average molecular weight is 306 g/mol. The summed E-state index contributed by atoms with van der Waals surface area (Å²) < 4.78 is 11.1. The highest BCUT2D eigenvalue weighted by Crippen LogP contribution is 2.27. The first kappa shape index (κ1) is 15.5. The van der Waals surface area contributed by atoms with Crippen molar-refractivity contribution in [3.8, 4) is 11.5 Å². The summed E-state index contributed by atoms with van der Waals surface area (Å²) in [5, 5.41) is 4.07. The zero-order chi connectivity index (χ0) is 15.1. The highest BCUT2D eigenvalue weighted by Gasteiger charge is 2.06. The highest BCUT2D eigenvalue weighted by atomic mass is 35.5. The normalized spacial score (nSPS) is 10.2. The van der Waals surface area contributed by atoms with Crippen molar-refractivity contribution in [1.29, 1.82) is 0 Å². The van der Waals surface area contributed by atoms with Gasteiger partial charge < -0.3 is 14.8 Å². The van der Waals surface area contributed by atoms with E-state index in [9.17, 15) is 0 Å². The SMILES string of the molecule is CCCOc1ccccc1NCc1cc(Cl)ccc1OC. The van der Waals surface area contributed by atoms with E-state index in [-0.39, 0.29) is 0 Å². The van der Waals surface area contributed by atoms with Gasteiger partial charge in [-0.25, -0.2) is 0 Å². The number of nitrogens with one attached hydrogen (secondary N) is 1. The fraction of sp³-hybridized carbons (Fsp3) is 0.294. The van der Waals surface area contributed by atoms with Crippen LogP contribution in [0, 0.1) is 0 Å². The van der Waals surface area contributed by atoms with Gasteiger partial charge in [0.1, 0.15) is 11.5 Å². The van der Waals surface area contributed by atoms with E-state index in [1.807, 2.05) is 42.5 Å². The molecule has 2 aromatic carbocycles. The van der Waals surface area contributed by atoms with Crippen LogP contribution >= 0.6 is 11.6 Å². The molecule has 0 saturated heterocycles. The molecule has 1 N–H and O–H groups in total. The largest absolute Gasteiger partial charge is 0.496 e. The van der Waals surface area contributed by atoms with Gasteiger partial charge in [0.05, 0.1) is 19.4 Å². The Morgan fingerprint density at radius 3 is 2.67 bits per heavy atom. The first-order valence-electron chi connectivity index (χ1n) is 7.02. The molecule has 2 rings (SSSR count). The molecule has 0 unspecified atom stereocenters. The zero-order valence-corrected chi connectivity index (χ0v) is 13.1. The van der Waals surface area contributed by atoms with E-state index in [2.05, 4.69) is 12.2 Å². The molecule has 0 aromatic heterocycles. The standard InChI is InChI=1S/C17H20ClNO2/c1-3-10-21-17-7-5-4-6-15(17)19-12-13-11-14(18)8-9-16(13)20-2/h4-9,11,19H,3,10,12H2,1-2H3. The summed E-state index contributed by atoms with van der Waals surface area (Å²) in [6.07, 6.45) is 0.983. The van der Waals surface area contributed by atoms with Crippen LogP contribution in [-0.4, -0.2) is 13.7 Å². The Morgan fingerprint density at radius 1 is 1.10 bits per heavy atom. The molecule has 21 heavy (non-hydrogen) atoms. The summed E-state index contributed by atoms with van der Waals surface area (Å²) in [4.78, 5) is 0. The molecule has 0 spiro atoms. The van der Waals surface area contributed by atoms with Gasteiger partial charge in [0.2, 0.25) is 0 Å². The molecule has 2 aromatic rings. The second-order valence-electron chi connectivity index (χ2n) is 4.65. The number of ether oxygens (including phenoxy) is 2. The summed E-state index contributed by atoms with van der Waals surface area (Å²) in [6.45, 7) is 3.42. The van der Waals surface area contributed by atoms with Crippen LogP contribution in [0.3, 0.4) is 0 Å². The molecular weight excluding hydrogens is 286 g/mol. The molecular formula is C17H20ClNO2. The number of halogens is 1. The third-order valence-electron chi connectivity index (χ3n) is 3.06. The van der Waals surface area contributed by atoms with Crippen molar-refractivity contribution in [3.05, 3.63) is 53.1 Å². The zero-order valence-electron chi connectivity index (χ0n) is 12.4. The van der Waals surface area contributed by atoms with Crippen molar-refractivity contribution in [2.24, 2.45) is 0 Å². The van der Waals surface area contributed by atoms with E-state index < -0.39 is 0 Å². The maximum absolute atomic E-state index is 6.05. The van der Waals surface area contributed by atoms with Crippen molar-refractivity contribution in [2.45, 2.75) is 19.9 Å². The molecule has 0 saturated carbocycles. The molecule has 0 amide bonds. The highest BCUT2D eigenvalue weighted by molar-refractivity contribution is 6.30. The molecule has 0 fully saturated rings. The minimum absolute atomic E-state index is 0.621. The fourth-order valence-electron chi connectivity index (χ4n) is 2.03. The van der Waals surface area contributed by atoms with Crippen molar-refractivity contribution in [1.82, 2.24) is 0 Å². The maximum Gasteiger partial charge on any atom is 0.142 e. The Bertz CT molecular complexity index is 587. The van der Waals surface area contributed by atoms with E-state index in [0.717, 1.165) is 29.2 Å². The van der Waals surface area contributed by atoms with Crippen LogP contribution in [0.25, 0.3) is 0 Å². The van der Waals surface area contributed by atoms with Gasteiger partial charge in [0.15, 0.2) is 0 Å². The van der Waals surface area contributed by atoms with E-state index in [4.69, 9.17) is 21.1 Å². The maximum atomic E-state index is 6.05. The average Bonchev–Trinajstić information content (AvgIpc) is 2.52. The number of hydrogen-bond donors (Lipinski definition) is 1. The van der Waals surface area contributed by atoms with Gasteiger partial charge in [-0.3, -0.25) is 0 Å². The summed E-state index contributed by atoms with van der Waals surface area (Å²) in [6, 6.07) is 13.5. The van der Waals surface area contributed by atoms with Crippen molar-refractivity contribution in [3.63, 3.8) is 0 Å². The Balaban J connectivity index is 2.11. The summed E-state index contributed by atoms with van der Waals surface area (Å²) >= 11 is 6.05. The van der Waals surface area contributed by atoms with Gasteiger partial charge in [-0.15, -0.1) is 0 Å². The van der Waals surface area contributed by atoms with Crippen molar-refractivity contribution < 1.29 is 9.47 Å². The van der Waals surface area contributed by atoms with E-state index in [0.29, 0.717) is 18.2 Å². The number of benzene rings is 2. The van der Waals surface area contributed by atoms with Crippen LogP contribution in [-0.2, 0) is 6.54 Å². The Morgan fingerprint density at radius 2 is 1.90 bits per heavy atom. The van der Waals surface area contributed by atoms with E-state index in [1.165, 1.54) is 0 Å².